The van der Waals surface area contributed by atoms with Crippen molar-refractivity contribution in [1.29, 1.82) is 0 Å². The molecule has 2 aromatic heterocycles. The number of carbonyl (C=O) groups excluding carboxylic acids is 1. The number of rotatable bonds is 5. The predicted octanol–water partition coefficient (Wildman–Crippen LogP) is 0.875. The molecule has 6 heteroatoms. The number of aromatic nitrogens is 3. The van der Waals surface area contributed by atoms with Gasteiger partial charge in [-0.3, -0.25) is 9.78 Å². The Morgan fingerprint density at radius 2 is 2.16 bits per heavy atom. The number of hydrogen-bond acceptors (Lipinski definition) is 5. The molecule has 0 unspecified atom stereocenters. The Morgan fingerprint density at radius 3 is 2.89 bits per heavy atom. The SMILES string of the molecule is Cc1ccnc(OCC(=O)NCc2ccccn2)n1. The highest BCUT2D eigenvalue weighted by Crippen LogP contribution is 2.01. The Bertz CT molecular complexity index is 545. The lowest BCUT2D eigenvalue weighted by molar-refractivity contribution is -0.123. The molecular formula is C13H14N4O2. The molecule has 0 aliphatic rings. The molecular weight excluding hydrogens is 244 g/mol. The average Bonchev–Trinajstić information content (AvgIpc) is 2.44. The molecule has 0 saturated carbocycles. The van der Waals surface area contributed by atoms with E-state index in [4.69, 9.17) is 4.74 Å². The van der Waals surface area contributed by atoms with E-state index < -0.39 is 0 Å². The van der Waals surface area contributed by atoms with Crippen molar-refractivity contribution in [3.63, 3.8) is 0 Å². The molecule has 6 nitrogen and oxygen atoms in total. The van der Waals surface area contributed by atoms with Gasteiger partial charge in [-0.1, -0.05) is 6.07 Å². The van der Waals surface area contributed by atoms with Gasteiger partial charge in [-0.15, -0.1) is 0 Å². The number of pyridine rings is 1. The summed E-state index contributed by atoms with van der Waals surface area (Å²) in [6.45, 7) is 2.09. The Morgan fingerprint density at radius 1 is 1.26 bits per heavy atom. The van der Waals surface area contributed by atoms with Gasteiger partial charge in [-0.2, -0.15) is 0 Å². The van der Waals surface area contributed by atoms with Crippen molar-refractivity contribution in [2.24, 2.45) is 0 Å². The molecule has 0 saturated heterocycles. The summed E-state index contributed by atoms with van der Waals surface area (Å²) in [5.41, 5.74) is 1.58. The molecule has 1 N–H and O–H groups in total. The summed E-state index contributed by atoms with van der Waals surface area (Å²) in [5.74, 6) is -0.240. The summed E-state index contributed by atoms with van der Waals surface area (Å²) in [4.78, 5) is 23.6. The second-order valence-electron chi connectivity index (χ2n) is 3.87. The van der Waals surface area contributed by atoms with Crippen LogP contribution in [0.3, 0.4) is 0 Å². The third-order valence-corrected chi connectivity index (χ3v) is 2.30. The van der Waals surface area contributed by atoms with E-state index in [0.717, 1.165) is 11.4 Å². The number of ether oxygens (including phenoxy) is 1. The van der Waals surface area contributed by atoms with Crippen molar-refractivity contribution in [2.45, 2.75) is 13.5 Å². The van der Waals surface area contributed by atoms with Gasteiger partial charge in [0.25, 0.3) is 5.91 Å². The van der Waals surface area contributed by atoms with E-state index in [1.807, 2.05) is 25.1 Å². The highest BCUT2D eigenvalue weighted by atomic mass is 16.5. The van der Waals surface area contributed by atoms with Crippen LogP contribution in [0.1, 0.15) is 11.4 Å². The maximum atomic E-state index is 11.6. The fourth-order valence-corrected chi connectivity index (χ4v) is 1.37. The summed E-state index contributed by atoms with van der Waals surface area (Å²) >= 11 is 0. The molecule has 0 aliphatic heterocycles. The van der Waals surface area contributed by atoms with Crippen LogP contribution in [-0.4, -0.2) is 27.5 Å². The van der Waals surface area contributed by atoms with Gasteiger partial charge in [-0.05, 0) is 25.1 Å². The van der Waals surface area contributed by atoms with Gasteiger partial charge in [0, 0.05) is 18.1 Å². The molecule has 19 heavy (non-hydrogen) atoms. The number of hydrogen-bond donors (Lipinski definition) is 1. The van der Waals surface area contributed by atoms with Crippen LogP contribution in [0.2, 0.25) is 0 Å². The summed E-state index contributed by atoms with van der Waals surface area (Å²) in [6.07, 6.45) is 3.27. The standard InChI is InChI=1S/C13H14N4O2/c1-10-5-7-15-13(17-10)19-9-12(18)16-8-11-4-2-3-6-14-11/h2-7H,8-9H2,1H3,(H,16,18). The first-order chi connectivity index (χ1) is 9.24. The van der Waals surface area contributed by atoms with Crippen molar-refractivity contribution < 1.29 is 9.53 Å². The van der Waals surface area contributed by atoms with Crippen molar-refractivity contribution in [3.05, 3.63) is 48.0 Å². The average molecular weight is 258 g/mol. The van der Waals surface area contributed by atoms with Crippen molar-refractivity contribution >= 4 is 5.91 Å². The summed E-state index contributed by atoms with van der Waals surface area (Å²) in [7, 11) is 0. The smallest absolute Gasteiger partial charge is 0.317 e. The first kappa shape index (κ1) is 12.9. The lowest BCUT2D eigenvalue weighted by Gasteiger charge is -2.06. The van der Waals surface area contributed by atoms with E-state index in [9.17, 15) is 4.79 Å². The number of nitrogens with zero attached hydrogens (tertiary/aromatic N) is 3. The molecule has 0 radical (unpaired) electrons. The summed E-state index contributed by atoms with van der Waals surface area (Å²) in [5, 5.41) is 2.70. The zero-order valence-corrected chi connectivity index (χ0v) is 10.5. The van der Waals surface area contributed by atoms with E-state index in [2.05, 4.69) is 20.3 Å². The topological polar surface area (TPSA) is 77.0 Å². The van der Waals surface area contributed by atoms with Gasteiger partial charge < -0.3 is 10.1 Å². The largest absolute Gasteiger partial charge is 0.453 e. The molecule has 1 amide bonds. The van der Waals surface area contributed by atoms with Crippen molar-refractivity contribution in [2.75, 3.05) is 6.61 Å². The van der Waals surface area contributed by atoms with E-state index in [0.29, 0.717) is 6.54 Å². The molecule has 2 aromatic rings. The zero-order chi connectivity index (χ0) is 13.5. The van der Waals surface area contributed by atoms with Gasteiger partial charge in [0.1, 0.15) is 0 Å². The van der Waals surface area contributed by atoms with Crippen LogP contribution in [-0.2, 0) is 11.3 Å². The van der Waals surface area contributed by atoms with Gasteiger partial charge in [0.2, 0.25) is 0 Å². The molecule has 2 heterocycles. The van der Waals surface area contributed by atoms with Crippen molar-refractivity contribution in [3.8, 4) is 6.01 Å². The van der Waals surface area contributed by atoms with E-state index in [1.54, 1.807) is 18.5 Å². The Balaban J connectivity index is 1.76. The quantitative estimate of drug-likeness (QED) is 0.861. The molecule has 0 aliphatic carbocycles. The highest BCUT2D eigenvalue weighted by Gasteiger charge is 2.04. The van der Waals surface area contributed by atoms with Crippen LogP contribution >= 0.6 is 0 Å². The lowest BCUT2D eigenvalue weighted by atomic mass is 10.3. The minimum absolute atomic E-state index is 0.115. The van der Waals surface area contributed by atoms with Gasteiger partial charge >= 0.3 is 6.01 Å². The predicted molar refractivity (Wildman–Crippen MR) is 68.3 cm³/mol. The molecule has 0 spiro atoms. The fraction of sp³-hybridized carbons (Fsp3) is 0.231. The summed E-state index contributed by atoms with van der Waals surface area (Å²) < 4.78 is 5.18. The van der Waals surface area contributed by atoms with Crippen LogP contribution in [0.25, 0.3) is 0 Å². The van der Waals surface area contributed by atoms with Crippen molar-refractivity contribution in [1.82, 2.24) is 20.3 Å². The molecule has 0 aromatic carbocycles. The third kappa shape index (κ3) is 4.34. The number of aryl methyl sites for hydroxylation is 1. The number of amides is 1. The minimum atomic E-state index is -0.240. The normalized spacial score (nSPS) is 9.95. The zero-order valence-electron chi connectivity index (χ0n) is 10.5. The van der Waals surface area contributed by atoms with Crippen LogP contribution in [0.15, 0.2) is 36.7 Å². The fourth-order valence-electron chi connectivity index (χ4n) is 1.37. The monoisotopic (exact) mass is 258 g/mol. The maximum Gasteiger partial charge on any atom is 0.317 e. The third-order valence-electron chi connectivity index (χ3n) is 2.30. The summed E-state index contributed by atoms with van der Waals surface area (Å²) in [6, 6.07) is 7.49. The van der Waals surface area contributed by atoms with E-state index >= 15 is 0 Å². The van der Waals surface area contributed by atoms with Gasteiger partial charge in [0.05, 0.1) is 12.2 Å². The van der Waals surface area contributed by atoms with Crippen LogP contribution in [0.5, 0.6) is 6.01 Å². The number of nitrogens with one attached hydrogen (secondary N) is 1. The minimum Gasteiger partial charge on any atom is -0.453 e. The molecule has 98 valence electrons. The number of carbonyl (C=O) groups is 1. The second-order valence-corrected chi connectivity index (χ2v) is 3.87. The van der Waals surface area contributed by atoms with Crippen LogP contribution < -0.4 is 10.1 Å². The molecule has 0 fully saturated rings. The van der Waals surface area contributed by atoms with E-state index in [-0.39, 0.29) is 18.5 Å². The molecule has 0 atom stereocenters. The highest BCUT2D eigenvalue weighted by molar-refractivity contribution is 5.77. The second kappa shape index (κ2) is 6.44. The Hall–Kier alpha value is -2.50. The van der Waals surface area contributed by atoms with Crippen LogP contribution in [0.4, 0.5) is 0 Å². The van der Waals surface area contributed by atoms with Crippen LogP contribution in [0, 0.1) is 6.92 Å². The van der Waals surface area contributed by atoms with E-state index in [1.165, 1.54) is 0 Å². The Kier molecular flexibility index (Phi) is 4.39. The van der Waals surface area contributed by atoms with Gasteiger partial charge in [-0.25, -0.2) is 9.97 Å². The van der Waals surface area contributed by atoms with Gasteiger partial charge in [0.15, 0.2) is 6.61 Å². The first-order valence-corrected chi connectivity index (χ1v) is 5.83. The Labute approximate surface area is 110 Å². The first-order valence-electron chi connectivity index (χ1n) is 5.83. The molecule has 2 rings (SSSR count). The lowest BCUT2D eigenvalue weighted by Crippen LogP contribution is -2.29. The molecule has 0 bridgehead atoms. The maximum absolute atomic E-state index is 11.6.